The van der Waals surface area contributed by atoms with Crippen LogP contribution >= 0.6 is 11.3 Å². The highest BCUT2D eigenvalue weighted by molar-refractivity contribution is 7.21. The summed E-state index contributed by atoms with van der Waals surface area (Å²) in [7, 11) is 0. The highest BCUT2D eigenvalue weighted by atomic mass is 32.1. The van der Waals surface area contributed by atoms with Gasteiger partial charge in [-0.15, -0.1) is 11.3 Å². The lowest BCUT2D eigenvalue weighted by atomic mass is 10.2. The molecule has 1 amide bonds. The van der Waals surface area contributed by atoms with Gasteiger partial charge >= 0.3 is 0 Å². The Morgan fingerprint density at radius 3 is 2.76 bits per heavy atom. The van der Waals surface area contributed by atoms with E-state index in [0.29, 0.717) is 17.1 Å². The second kappa shape index (κ2) is 6.41. The largest absolute Gasteiger partial charge is 0.306 e. The molecule has 0 spiro atoms. The first-order valence-corrected chi connectivity index (χ1v) is 8.57. The molecule has 0 fully saturated rings. The van der Waals surface area contributed by atoms with Gasteiger partial charge in [-0.05, 0) is 48.9 Å². The van der Waals surface area contributed by atoms with Crippen molar-refractivity contribution >= 4 is 33.3 Å². The lowest BCUT2D eigenvalue weighted by molar-refractivity contribution is 0.102. The van der Waals surface area contributed by atoms with E-state index >= 15 is 0 Å². The van der Waals surface area contributed by atoms with Crippen LogP contribution in [0.15, 0.2) is 60.9 Å². The van der Waals surface area contributed by atoms with Gasteiger partial charge < -0.3 is 5.32 Å². The van der Waals surface area contributed by atoms with Gasteiger partial charge in [-0.2, -0.15) is 0 Å². The Hall–Kier alpha value is -3.12. The zero-order valence-corrected chi connectivity index (χ0v) is 14.2. The second-order valence-corrected chi connectivity index (χ2v) is 6.59. The van der Waals surface area contributed by atoms with Gasteiger partial charge in [0, 0.05) is 12.4 Å². The molecular formula is C19H14N4OS. The molecule has 1 aromatic carbocycles. The first kappa shape index (κ1) is 15.4. The maximum atomic E-state index is 12.7. The highest BCUT2D eigenvalue weighted by Crippen LogP contribution is 2.30. The summed E-state index contributed by atoms with van der Waals surface area (Å²) in [5.74, 6) is 0.268. The van der Waals surface area contributed by atoms with Gasteiger partial charge in [0.2, 0.25) is 0 Å². The number of carbonyl (C=O) groups is 1. The van der Waals surface area contributed by atoms with Crippen LogP contribution in [0.5, 0.6) is 0 Å². The van der Waals surface area contributed by atoms with Crippen LogP contribution in [-0.2, 0) is 0 Å². The molecule has 3 heterocycles. The topological polar surface area (TPSA) is 67.8 Å². The van der Waals surface area contributed by atoms with Crippen LogP contribution in [0, 0.1) is 6.92 Å². The molecule has 4 rings (SSSR count). The Morgan fingerprint density at radius 1 is 1.04 bits per heavy atom. The fourth-order valence-electron chi connectivity index (χ4n) is 2.52. The van der Waals surface area contributed by atoms with Gasteiger partial charge in [-0.25, -0.2) is 9.97 Å². The number of nitrogens with zero attached hydrogens (tertiary/aromatic N) is 3. The monoisotopic (exact) mass is 346 g/mol. The van der Waals surface area contributed by atoms with Gasteiger partial charge in [0.05, 0.1) is 15.8 Å². The maximum Gasteiger partial charge on any atom is 0.259 e. The summed E-state index contributed by atoms with van der Waals surface area (Å²) in [6.45, 7) is 1.95. The van der Waals surface area contributed by atoms with Crippen LogP contribution in [0.2, 0.25) is 0 Å². The molecule has 1 N–H and O–H groups in total. The summed E-state index contributed by atoms with van der Waals surface area (Å²) in [6, 6.07) is 15.1. The molecule has 5 nitrogen and oxygen atoms in total. The number of pyridine rings is 2. The van der Waals surface area contributed by atoms with Gasteiger partial charge in [0.1, 0.15) is 16.5 Å². The van der Waals surface area contributed by atoms with Crippen molar-refractivity contribution in [3.05, 3.63) is 72.1 Å². The Bertz CT molecular complexity index is 1040. The summed E-state index contributed by atoms with van der Waals surface area (Å²) in [5, 5.41) is 3.56. The average molecular weight is 346 g/mol. The first-order valence-electron chi connectivity index (χ1n) is 7.76. The lowest BCUT2D eigenvalue weighted by Gasteiger charge is -2.07. The van der Waals surface area contributed by atoms with Crippen LogP contribution in [0.25, 0.3) is 20.9 Å². The molecule has 0 aliphatic heterocycles. The summed E-state index contributed by atoms with van der Waals surface area (Å²) in [4.78, 5) is 25.9. The molecule has 0 radical (unpaired) electrons. The molecule has 0 saturated carbocycles. The van der Waals surface area contributed by atoms with Gasteiger partial charge in [0.25, 0.3) is 5.91 Å². The predicted octanol–water partition coefficient (Wildman–Crippen LogP) is 4.31. The standard InChI is InChI=1S/C19H14N4OS/c1-12-8-10-20-16(11-12)23-18(24)13-5-4-9-21-17(13)19-22-14-6-2-3-7-15(14)25-19/h2-11H,1H3,(H,20,23,24). The third-order valence-electron chi connectivity index (χ3n) is 3.71. The molecule has 25 heavy (non-hydrogen) atoms. The molecule has 0 bridgehead atoms. The molecule has 4 aromatic rings. The number of anilines is 1. The summed E-state index contributed by atoms with van der Waals surface area (Å²) in [5.41, 5.74) is 2.99. The van der Waals surface area contributed by atoms with Crippen molar-refractivity contribution in [1.82, 2.24) is 15.0 Å². The maximum absolute atomic E-state index is 12.7. The summed E-state index contributed by atoms with van der Waals surface area (Å²) < 4.78 is 1.06. The van der Waals surface area contributed by atoms with Crippen molar-refractivity contribution < 1.29 is 4.79 Å². The molecule has 3 aromatic heterocycles. The first-order chi connectivity index (χ1) is 12.2. The SMILES string of the molecule is Cc1ccnc(NC(=O)c2cccnc2-c2nc3ccccc3s2)c1. The number of para-hydroxylation sites is 1. The number of amides is 1. The van der Waals surface area contributed by atoms with Crippen molar-refractivity contribution in [3.8, 4) is 10.7 Å². The molecular weight excluding hydrogens is 332 g/mol. The van der Waals surface area contributed by atoms with Gasteiger partial charge in [-0.3, -0.25) is 9.78 Å². The summed E-state index contributed by atoms with van der Waals surface area (Å²) in [6.07, 6.45) is 3.34. The lowest BCUT2D eigenvalue weighted by Crippen LogP contribution is -2.14. The molecule has 6 heteroatoms. The average Bonchev–Trinajstić information content (AvgIpc) is 3.06. The quantitative estimate of drug-likeness (QED) is 0.600. The fourth-order valence-corrected chi connectivity index (χ4v) is 3.50. The van der Waals surface area contributed by atoms with Crippen LogP contribution in [0.4, 0.5) is 5.82 Å². The highest BCUT2D eigenvalue weighted by Gasteiger charge is 2.17. The number of nitrogens with one attached hydrogen (secondary N) is 1. The summed E-state index contributed by atoms with van der Waals surface area (Å²) >= 11 is 1.52. The number of benzene rings is 1. The van der Waals surface area contributed by atoms with Crippen LogP contribution < -0.4 is 5.32 Å². The van der Waals surface area contributed by atoms with Crippen molar-refractivity contribution in [2.75, 3.05) is 5.32 Å². The van der Waals surface area contributed by atoms with E-state index < -0.39 is 0 Å². The van der Waals surface area contributed by atoms with Crippen molar-refractivity contribution in [2.45, 2.75) is 6.92 Å². The number of fused-ring (bicyclic) bond motifs is 1. The second-order valence-electron chi connectivity index (χ2n) is 5.56. The Balaban J connectivity index is 1.72. The van der Waals surface area contributed by atoms with Crippen LogP contribution in [0.3, 0.4) is 0 Å². The van der Waals surface area contributed by atoms with E-state index in [1.54, 1.807) is 24.5 Å². The normalized spacial score (nSPS) is 10.8. The molecule has 0 unspecified atom stereocenters. The predicted molar refractivity (Wildman–Crippen MR) is 99.8 cm³/mol. The number of hydrogen-bond acceptors (Lipinski definition) is 5. The minimum Gasteiger partial charge on any atom is -0.306 e. The zero-order valence-electron chi connectivity index (χ0n) is 13.4. The number of rotatable bonds is 3. The molecule has 122 valence electrons. The molecule has 0 aliphatic rings. The minimum atomic E-state index is -0.250. The van der Waals surface area contributed by atoms with Gasteiger partial charge in [-0.1, -0.05) is 12.1 Å². The Labute approximate surface area is 148 Å². The molecule has 0 saturated heterocycles. The number of hydrogen-bond donors (Lipinski definition) is 1. The zero-order chi connectivity index (χ0) is 17.2. The van der Waals surface area contributed by atoms with E-state index in [1.165, 1.54) is 11.3 Å². The van der Waals surface area contributed by atoms with E-state index in [1.807, 2.05) is 43.3 Å². The van der Waals surface area contributed by atoms with E-state index in [-0.39, 0.29) is 5.91 Å². The van der Waals surface area contributed by atoms with Crippen molar-refractivity contribution in [1.29, 1.82) is 0 Å². The number of aromatic nitrogens is 3. The van der Waals surface area contributed by atoms with Gasteiger partial charge in [0.15, 0.2) is 0 Å². The minimum absolute atomic E-state index is 0.250. The van der Waals surface area contributed by atoms with Crippen LogP contribution in [-0.4, -0.2) is 20.9 Å². The fraction of sp³-hybridized carbons (Fsp3) is 0.0526. The Kier molecular flexibility index (Phi) is 3.95. The van der Waals surface area contributed by atoms with Crippen molar-refractivity contribution in [3.63, 3.8) is 0 Å². The smallest absolute Gasteiger partial charge is 0.259 e. The third-order valence-corrected chi connectivity index (χ3v) is 4.75. The van der Waals surface area contributed by atoms with Crippen molar-refractivity contribution in [2.24, 2.45) is 0 Å². The van der Waals surface area contributed by atoms with Crippen LogP contribution in [0.1, 0.15) is 15.9 Å². The van der Waals surface area contributed by atoms with E-state index in [0.717, 1.165) is 20.8 Å². The molecule has 0 atom stereocenters. The van der Waals surface area contributed by atoms with E-state index in [4.69, 9.17) is 0 Å². The molecule has 0 aliphatic carbocycles. The number of aryl methyl sites for hydroxylation is 1. The third kappa shape index (κ3) is 3.12. The Morgan fingerprint density at radius 2 is 1.92 bits per heavy atom. The number of carbonyl (C=O) groups excluding carboxylic acids is 1. The number of thiazole rings is 1. The van der Waals surface area contributed by atoms with E-state index in [9.17, 15) is 4.79 Å². The van der Waals surface area contributed by atoms with E-state index in [2.05, 4.69) is 20.3 Å².